The monoisotopic (exact) mass is 311 g/mol. The van der Waals surface area contributed by atoms with Crippen molar-refractivity contribution in [3.05, 3.63) is 58.7 Å². The standard InChI is InChI=1S/C18H18ClN3/c1-2-22-18-10-15(7-4-13(18)11-20-22)21-17-8-5-12-3-6-14(19)9-16(12)17/h3-4,6-7,9-11,17,21H,2,5,8H2,1H3. The Hall–Kier alpha value is -2.00. The van der Waals surface area contributed by atoms with Crippen LogP contribution in [0.15, 0.2) is 42.6 Å². The fourth-order valence-corrected chi connectivity index (χ4v) is 3.52. The molecule has 0 spiro atoms. The lowest BCUT2D eigenvalue weighted by atomic mass is 10.1. The molecule has 0 saturated heterocycles. The van der Waals surface area contributed by atoms with E-state index >= 15 is 0 Å². The van der Waals surface area contributed by atoms with Crippen molar-refractivity contribution in [2.75, 3.05) is 5.32 Å². The van der Waals surface area contributed by atoms with Gasteiger partial charge in [0.15, 0.2) is 0 Å². The Morgan fingerprint density at radius 3 is 3.05 bits per heavy atom. The highest BCUT2D eigenvalue weighted by Crippen LogP contribution is 2.35. The summed E-state index contributed by atoms with van der Waals surface area (Å²) in [5, 5.41) is 10.1. The molecule has 112 valence electrons. The lowest BCUT2D eigenvalue weighted by Gasteiger charge is -2.16. The Kier molecular flexibility index (Phi) is 3.30. The summed E-state index contributed by atoms with van der Waals surface area (Å²) in [4.78, 5) is 0. The molecule has 1 aliphatic rings. The number of anilines is 1. The highest BCUT2D eigenvalue weighted by molar-refractivity contribution is 6.30. The molecule has 1 atom stereocenters. The van der Waals surface area contributed by atoms with Crippen LogP contribution in [0.25, 0.3) is 10.9 Å². The maximum Gasteiger partial charge on any atom is 0.0702 e. The van der Waals surface area contributed by atoms with Crippen LogP contribution < -0.4 is 5.32 Å². The SMILES string of the molecule is CCn1ncc2ccc(NC3CCc4ccc(Cl)cc43)cc21. The van der Waals surface area contributed by atoms with Gasteiger partial charge in [0.25, 0.3) is 0 Å². The minimum atomic E-state index is 0.337. The number of rotatable bonds is 3. The molecular formula is C18H18ClN3. The summed E-state index contributed by atoms with van der Waals surface area (Å²) in [6, 6.07) is 13.0. The topological polar surface area (TPSA) is 29.9 Å². The second-order valence-electron chi connectivity index (χ2n) is 5.81. The first-order valence-corrected chi connectivity index (χ1v) is 8.13. The van der Waals surface area contributed by atoms with Crippen molar-refractivity contribution in [2.24, 2.45) is 0 Å². The number of halogens is 1. The third-order valence-electron chi connectivity index (χ3n) is 4.47. The highest BCUT2D eigenvalue weighted by atomic mass is 35.5. The predicted octanol–water partition coefficient (Wildman–Crippen LogP) is 4.81. The Morgan fingerprint density at radius 2 is 2.18 bits per heavy atom. The molecule has 0 saturated carbocycles. The van der Waals surface area contributed by atoms with Gasteiger partial charge in [-0.2, -0.15) is 5.10 Å². The minimum Gasteiger partial charge on any atom is -0.378 e. The lowest BCUT2D eigenvalue weighted by Crippen LogP contribution is -2.07. The van der Waals surface area contributed by atoms with Crippen LogP contribution in [0.4, 0.5) is 5.69 Å². The van der Waals surface area contributed by atoms with E-state index in [0.29, 0.717) is 6.04 Å². The molecular weight excluding hydrogens is 294 g/mol. The fourth-order valence-electron chi connectivity index (χ4n) is 3.34. The Labute approximate surface area is 134 Å². The molecule has 3 nitrogen and oxygen atoms in total. The molecule has 22 heavy (non-hydrogen) atoms. The summed E-state index contributed by atoms with van der Waals surface area (Å²) in [7, 11) is 0. The first kappa shape index (κ1) is 13.6. The molecule has 1 unspecified atom stereocenters. The van der Waals surface area contributed by atoms with Gasteiger partial charge in [-0.05, 0) is 61.2 Å². The zero-order valence-corrected chi connectivity index (χ0v) is 13.3. The van der Waals surface area contributed by atoms with Gasteiger partial charge in [0.2, 0.25) is 0 Å². The summed E-state index contributed by atoms with van der Waals surface area (Å²) in [5.74, 6) is 0. The van der Waals surface area contributed by atoms with Gasteiger partial charge in [0.05, 0.1) is 17.8 Å². The lowest BCUT2D eigenvalue weighted by molar-refractivity contribution is 0.684. The van der Waals surface area contributed by atoms with Crippen LogP contribution in [0, 0.1) is 0 Å². The summed E-state index contributed by atoms with van der Waals surface area (Å²) in [6.07, 6.45) is 4.15. The van der Waals surface area contributed by atoms with Crippen molar-refractivity contribution in [1.29, 1.82) is 0 Å². The normalized spacial score (nSPS) is 16.9. The molecule has 4 heteroatoms. The summed E-state index contributed by atoms with van der Waals surface area (Å²) < 4.78 is 2.03. The van der Waals surface area contributed by atoms with E-state index < -0.39 is 0 Å². The van der Waals surface area contributed by atoms with E-state index in [1.807, 2.05) is 16.9 Å². The molecule has 4 rings (SSSR count). The average Bonchev–Trinajstić information content (AvgIpc) is 3.11. The number of hydrogen-bond donors (Lipinski definition) is 1. The van der Waals surface area contributed by atoms with E-state index in [9.17, 15) is 0 Å². The van der Waals surface area contributed by atoms with Gasteiger partial charge in [-0.25, -0.2) is 0 Å². The van der Waals surface area contributed by atoms with Crippen LogP contribution in [-0.4, -0.2) is 9.78 Å². The van der Waals surface area contributed by atoms with Gasteiger partial charge >= 0.3 is 0 Å². The maximum atomic E-state index is 6.16. The Balaban J connectivity index is 1.66. The van der Waals surface area contributed by atoms with E-state index in [-0.39, 0.29) is 0 Å². The van der Waals surface area contributed by atoms with E-state index in [0.717, 1.165) is 30.1 Å². The molecule has 1 heterocycles. The van der Waals surface area contributed by atoms with Crippen LogP contribution in [0.3, 0.4) is 0 Å². The van der Waals surface area contributed by atoms with Gasteiger partial charge in [0, 0.05) is 22.6 Å². The van der Waals surface area contributed by atoms with Crippen LogP contribution >= 0.6 is 11.6 Å². The van der Waals surface area contributed by atoms with E-state index in [1.165, 1.54) is 22.0 Å². The molecule has 1 aliphatic carbocycles. The van der Waals surface area contributed by atoms with Gasteiger partial charge in [-0.3, -0.25) is 4.68 Å². The van der Waals surface area contributed by atoms with Crippen molar-refractivity contribution >= 4 is 28.2 Å². The number of benzene rings is 2. The zero-order chi connectivity index (χ0) is 15.1. The van der Waals surface area contributed by atoms with Crippen LogP contribution in [0.5, 0.6) is 0 Å². The molecule has 1 N–H and O–H groups in total. The number of aryl methyl sites for hydroxylation is 2. The Morgan fingerprint density at radius 1 is 1.27 bits per heavy atom. The first-order chi connectivity index (χ1) is 10.7. The van der Waals surface area contributed by atoms with Crippen molar-refractivity contribution in [3.63, 3.8) is 0 Å². The van der Waals surface area contributed by atoms with Crippen molar-refractivity contribution in [3.8, 4) is 0 Å². The van der Waals surface area contributed by atoms with Crippen LogP contribution in [0.1, 0.15) is 30.5 Å². The molecule has 0 bridgehead atoms. The quantitative estimate of drug-likeness (QED) is 0.752. The smallest absolute Gasteiger partial charge is 0.0702 e. The molecule has 0 radical (unpaired) electrons. The van der Waals surface area contributed by atoms with Crippen LogP contribution in [-0.2, 0) is 13.0 Å². The molecule has 0 aliphatic heterocycles. The van der Waals surface area contributed by atoms with Gasteiger partial charge in [-0.1, -0.05) is 17.7 Å². The van der Waals surface area contributed by atoms with Gasteiger partial charge in [0.1, 0.15) is 0 Å². The van der Waals surface area contributed by atoms with Gasteiger partial charge < -0.3 is 5.32 Å². The number of fused-ring (bicyclic) bond motifs is 2. The Bertz CT molecular complexity index is 837. The molecule has 2 aromatic carbocycles. The van der Waals surface area contributed by atoms with Crippen molar-refractivity contribution in [1.82, 2.24) is 9.78 Å². The fraction of sp³-hybridized carbons (Fsp3) is 0.278. The van der Waals surface area contributed by atoms with E-state index in [4.69, 9.17) is 11.6 Å². The van der Waals surface area contributed by atoms with E-state index in [2.05, 4.69) is 47.7 Å². The summed E-state index contributed by atoms with van der Waals surface area (Å²) >= 11 is 6.16. The molecule has 1 aromatic heterocycles. The predicted molar refractivity (Wildman–Crippen MR) is 91.5 cm³/mol. The third kappa shape index (κ3) is 2.26. The molecule has 0 amide bonds. The summed E-state index contributed by atoms with van der Waals surface area (Å²) in [5.41, 5.74) is 5.05. The van der Waals surface area contributed by atoms with Gasteiger partial charge in [-0.15, -0.1) is 0 Å². The summed E-state index contributed by atoms with van der Waals surface area (Å²) in [6.45, 7) is 3.00. The molecule has 0 fully saturated rings. The second kappa shape index (κ2) is 5.33. The average molecular weight is 312 g/mol. The number of nitrogens with one attached hydrogen (secondary N) is 1. The van der Waals surface area contributed by atoms with Crippen molar-refractivity contribution in [2.45, 2.75) is 32.4 Å². The number of hydrogen-bond acceptors (Lipinski definition) is 2. The number of nitrogens with zero attached hydrogens (tertiary/aromatic N) is 2. The van der Waals surface area contributed by atoms with E-state index in [1.54, 1.807) is 0 Å². The van der Waals surface area contributed by atoms with Crippen LogP contribution in [0.2, 0.25) is 5.02 Å². The maximum absolute atomic E-state index is 6.16. The largest absolute Gasteiger partial charge is 0.378 e. The second-order valence-corrected chi connectivity index (χ2v) is 6.25. The minimum absolute atomic E-state index is 0.337. The zero-order valence-electron chi connectivity index (χ0n) is 12.5. The first-order valence-electron chi connectivity index (χ1n) is 7.75. The highest BCUT2D eigenvalue weighted by Gasteiger charge is 2.22. The number of aromatic nitrogens is 2. The van der Waals surface area contributed by atoms with Crippen molar-refractivity contribution < 1.29 is 0 Å². The molecule has 3 aromatic rings. The third-order valence-corrected chi connectivity index (χ3v) is 4.71.